The van der Waals surface area contributed by atoms with E-state index in [2.05, 4.69) is 4.98 Å². The normalized spacial score (nSPS) is 10.0. The number of hydrogen-bond acceptors (Lipinski definition) is 4. The van der Waals surface area contributed by atoms with Gasteiger partial charge in [-0.3, -0.25) is 0 Å². The first kappa shape index (κ1) is 11.3. The van der Waals surface area contributed by atoms with Crippen molar-refractivity contribution in [1.82, 2.24) is 4.98 Å². The Labute approximate surface area is 101 Å². The molecule has 4 heteroatoms. The van der Waals surface area contributed by atoms with Crippen molar-refractivity contribution in [3.05, 3.63) is 42.6 Å². The second kappa shape index (κ2) is 4.74. The van der Waals surface area contributed by atoms with E-state index in [4.69, 9.17) is 10.5 Å². The Morgan fingerprint density at radius 3 is 2.71 bits per heavy atom. The molecule has 2 aromatic rings. The van der Waals surface area contributed by atoms with Crippen LogP contribution in [0.3, 0.4) is 0 Å². The second-order valence-corrected chi connectivity index (χ2v) is 3.68. The minimum atomic E-state index is 0.691. The van der Waals surface area contributed by atoms with Crippen molar-refractivity contribution in [3.63, 3.8) is 0 Å². The summed E-state index contributed by atoms with van der Waals surface area (Å²) in [6, 6.07) is 11.4. The van der Waals surface area contributed by atoms with Gasteiger partial charge in [0.2, 0.25) is 0 Å². The van der Waals surface area contributed by atoms with E-state index < -0.39 is 0 Å². The lowest BCUT2D eigenvalue weighted by Crippen LogP contribution is -2.12. The van der Waals surface area contributed by atoms with Crippen LogP contribution in [-0.2, 0) is 0 Å². The van der Waals surface area contributed by atoms with Gasteiger partial charge >= 0.3 is 0 Å². The van der Waals surface area contributed by atoms with Crippen LogP contribution in [0.4, 0.5) is 17.2 Å². The molecule has 0 spiro atoms. The summed E-state index contributed by atoms with van der Waals surface area (Å²) >= 11 is 0. The van der Waals surface area contributed by atoms with Crippen LogP contribution in [0.1, 0.15) is 0 Å². The van der Waals surface area contributed by atoms with E-state index in [1.54, 1.807) is 19.4 Å². The third-order valence-electron chi connectivity index (χ3n) is 2.56. The lowest BCUT2D eigenvalue weighted by molar-refractivity contribution is 0.415. The molecule has 2 rings (SSSR count). The zero-order valence-electron chi connectivity index (χ0n) is 9.92. The molecule has 0 fully saturated rings. The summed E-state index contributed by atoms with van der Waals surface area (Å²) in [5.74, 6) is 1.59. The van der Waals surface area contributed by atoms with Crippen molar-refractivity contribution < 1.29 is 4.74 Å². The molecule has 0 aliphatic heterocycles. The van der Waals surface area contributed by atoms with Gasteiger partial charge in [0.15, 0.2) is 0 Å². The Balaban J connectivity index is 2.40. The Bertz CT molecular complexity index is 514. The number of aromatic nitrogens is 1. The molecule has 1 heterocycles. The molecule has 0 amide bonds. The molecule has 0 aliphatic carbocycles. The summed E-state index contributed by atoms with van der Waals surface area (Å²) in [5.41, 5.74) is 7.39. The van der Waals surface area contributed by atoms with E-state index in [-0.39, 0.29) is 0 Å². The third-order valence-corrected chi connectivity index (χ3v) is 2.56. The van der Waals surface area contributed by atoms with Crippen molar-refractivity contribution >= 4 is 17.2 Å². The van der Waals surface area contributed by atoms with E-state index in [1.807, 2.05) is 42.3 Å². The van der Waals surface area contributed by atoms with E-state index in [0.29, 0.717) is 5.69 Å². The highest BCUT2D eigenvalue weighted by molar-refractivity contribution is 5.67. The molecular weight excluding hydrogens is 214 g/mol. The highest BCUT2D eigenvalue weighted by Crippen LogP contribution is 2.31. The van der Waals surface area contributed by atoms with E-state index in [1.165, 1.54) is 0 Å². The van der Waals surface area contributed by atoms with Gasteiger partial charge < -0.3 is 15.4 Å². The fraction of sp³-hybridized carbons (Fsp3) is 0.154. The lowest BCUT2D eigenvalue weighted by Gasteiger charge is -2.20. The van der Waals surface area contributed by atoms with E-state index >= 15 is 0 Å². The monoisotopic (exact) mass is 229 g/mol. The predicted octanol–water partition coefficient (Wildman–Crippen LogP) is 2.44. The summed E-state index contributed by atoms with van der Waals surface area (Å²) in [5, 5.41) is 0. The van der Waals surface area contributed by atoms with Gasteiger partial charge in [-0.1, -0.05) is 12.1 Å². The molecule has 88 valence electrons. The predicted molar refractivity (Wildman–Crippen MR) is 69.7 cm³/mol. The highest BCUT2D eigenvalue weighted by Gasteiger charge is 2.10. The maximum atomic E-state index is 5.75. The molecule has 0 atom stereocenters. The fourth-order valence-electron chi connectivity index (χ4n) is 1.65. The standard InChI is InChI=1S/C13H15N3O/c1-16(13-9-10(14)7-8-15-13)11-5-3-4-6-12(11)17-2/h3-9H,1-2H3,(H2,14,15). The second-order valence-electron chi connectivity index (χ2n) is 3.68. The van der Waals surface area contributed by atoms with Crippen LogP contribution in [0.2, 0.25) is 0 Å². The van der Waals surface area contributed by atoms with Gasteiger partial charge in [-0.15, -0.1) is 0 Å². The topological polar surface area (TPSA) is 51.4 Å². The van der Waals surface area contributed by atoms with Crippen molar-refractivity contribution in [3.8, 4) is 5.75 Å². The van der Waals surface area contributed by atoms with Crippen LogP contribution in [-0.4, -0.2) is 19.1 Å². The molecule has 2 N–H and O–H groups in total. The molecule has 0 radical (unpaired) electrons. The van der Waals surface area contributed by atoms with Crippen molar-refractivity contribution in [2.45, 2.75) is 0 Å². The van der Waals surface area contributed by atoms with Gasteiger partial charge in [0.1, 0.15) is 11.6 Å². The average molecular weight is 229 g/mol. The van der Waals surface area contributed by atoms with Crippen molar-refractivity contribution in [2.24, 2.45) is 0 Å². The Hall–Kier alpha value is -2.23. The fourth-order valence-corrected chi connectivity index (χ4v) is 1.65. The zero-order chi connectivity index (χ0) is 12.3. The number of pyridine rings is 1. The maximum absolute atomic E-state index is 5.75. The molecule has 17 heavy (non-hydrogen) atoms. The van der Waals surface area contributed by atoms with Crippen molar-refractivity contribution in [1.29, 1.82) is 0 Å². The summed E-state index contributed by atoms with van der Waals surface area (Å²) < 4.78 is 5.32. The molecule has 0 saturated carbocycles. The molecule has 0 aliphatic rings. The van der Waals surface area contributed by atoms with Crippen LogP contribution in [0, 0.1) is 0 Å². The molecule has 1 aromatic heterocycles. The van der Waals surface area contributed by atoms with E-state index in [0.717, 1.165) is 17.3 Å². The number of benzene rings is 1. The smallest absolute Gasteiger partial charge is 0.142 e. The van der Waals surface area contributed by atoms with Crippen LogP contribution < -0.4 is 15.4 Å². The molecule has 0 bridgehead atoms. The lowest BCUT2D eigenvalue weighted by atomic mass is 10.2. The Morgan fingerprint density at radius 2 is 2.00 bits per heavy atom. The minimum absolute atomic E-state index is 0.691. The summed E-state index contributed by atoms with van der Waals surface area (Å²) in [7, 11) is 3.58. The highest BCUT2D eigenvalue weighted by atomic mass is 16.5. The van der Waals surface area contributed by atoms with E-state index in [9.17, 15) is 0 Å². The first-order valence-electron chi connectivity index (χ1n) is 5.30. The number of hydrogen-bond donors (Lipinski definition) is 1. The Morgan fingerprint density at radius 1 is 1.24 bits per heavy atom. The van der Waals surface area contributed by atoms with Gasteiger partial charge in [-0.05, 0) is 18.2 Å². The number of methoxy groups -OCH3 is 1. The number of para-hydroxylation sites is 2. The molecule has 0 unspecified atom stereocenters. The zero-order valence-corrected chi connectivity index (χ0v) is 9.92. The molecule has 1 aromatic carbocycles. The van der Waals surface area contributed by atoms with Crippen LogP contribution in [0.25, 0.3) is 0 Å². The number of rotatable bonds is 3. The minimum Gasteiger partial charge on any atom is -0.495 e. The summed E-state index contributed by atoms with van der Waals surface area (Å²) in [6.07, 6.45) is 1.69. The summed E-state index contributed by atoms with van der Waals surface area (Å²) in [4.78, 5) is 6.22. The quantitative estimate of drug-likeness (QED) is 0.878. The van der Waals surface area contributed by atoms with Gasteiger partial charge in [-0.2, -0.15) is 0 Å². The third kappa shape index (κ3) is 2.30. The van der Waals surface area contributed by atoms with Crippen LogP contribution in [0.15, 0.2) is 42.6 Å². The van der Waals surface area contributed by atoms with Gasteiger partial charge in [0, 0.05) is 25.0 Å². The number of nitrogens with zero attached hydrogens (tertiary/aromatic N) is 2. The average Bonchev–Trinajstić information content (AvgIpc) is 2.38. The van der Waals surface area contributed by atoms with Crippen LogP contribution >= 0.6 is 0 Å². The van der Waals surface area contributed by atoms with Gasteiger partial charge in [-0.25, -0.2) is 4.98 Å². The molecule has 0 saturated heterocycles. The Kier molecular flexibility index (Phi) is 3.14. The number of nitrogen functional groups attached to an aromatic ring is 1. The molecular formula is C13H15N3O. The van der Waals surface area contributed by atoms with Gasteiger partial charge in [0.25, 0.3) is 0 Å². The largest absolute Gasteiger partial charge is 0.495 e. The summed E-state index contributed by atoms with van der Waals surface area (Å²) in [6.45, 7) is 0. The number of anilines is 3. The SMILES string of the molecule is COc1ccccc1N(C)c1cc(N)ccn1. The van der Waals surface area contributed by atoms with Gasteiger partial charge in [0.05, 0.1) is 12.8 Å². The first-order chi connectivity index (χ1) is 8.22. The van der Waals surface area contributed by atoms with Crippen LogP contribution in [0.5, 0.6) is 5.75 Å². The maximum Gasteiger partial charge on any atom is 0.142 e. The number of ether oxygens (including phenoxy) is 1. The number of nitrogens with two attached hydrogens (primary N) is 1. The molecule has 4 nitrogen and oxygen atoms in total. The first-order valence-corrected chi connectivity index (χ1v) is 5.30. The van der Waals surface area contributed by atoms with Crippen molar-refractivity contribution in [2.75, 3.05) is 24.8 Å².